The summed E-state index contributed by atoms with van der Waals surface area (Å²) in [7, 11) is 0. The maximum absolute atomic E-state index is 11.6. The third-order valence-electron chi connectivity index (χ3n) is 2.58. The summed E-state index contributed by atoms with van der Waals surface area (Å²) >= 11 is 0. The molecule has 1 aromatic heterocycles. The van der Waals surface area contributed by atoms with E-state index in [4.69, 9.17) is 4.74 Å². The molecule has 5 nitrogen and oxygen atoms in total. The van der Waals surface area contributed by atoms with Gasteiger partial charge in [-0.1, -0.05) is 6.92 Å². The fourth-order valence-electron chi connectivity index (χ4n) is 0.947. The van der Waals surface area contributed by atoms with Gasteiger partial charge in [-0.25, -0.2) is 14.8 Å². The van der Waals surface area contributed by atoms with Gasteiger partial charge in [0, 0.05) is 18.5 Å². The number of rotatable bonds is 4. The number of carbonyl (C=O) groups is 2. The standard InChI is InChI=1S/C13H16N2O3/c1-4-13(2,3)12(17)18-11(16)7-6-10-14-8-5-9-15-10/h5-9H,4H2,1-3H3/b7-6+. The van der Waals surface area contributed by atoms with E-state index in [2.05, 4.69) is 9.97 Å². The normalized spacial score (nSPS) is 11.5. The molecular weight excluding hydrogens is 232 g/mol. The van der Waals surface area contributed by atoms with Crippen LogP contribution >= 0.6 is 0 Å². The van der Waals surface area contributed by atoms with Crippen LogP contribution in [-0.4, -0.2) is 21.9 Å². The number of ether oxygens (including phenoxy) is 1. The Kier molecular flexibility index (Phi) is 4.71. The van der Waals surface area contributed by atoms with Crippen LogP contribution in [0.25, 0.3) is 6.08 Å². The van der Waals surface area contributed by atoms with E-state index < -0.39 is 17.4 Å². The number of hydrogen-bond donors (Lipinski definition) is 0. The fourth-order valence-corrected chi connectivity index (χ4v) is 0.947. The Balaban J connectivity index is 2.58. The Bertz CT molecular complexity index is 453. The van der Waals surface area contributed by atoms with Crippen LogP contribution < -0.4 is 0 Å². The number of carbonyl (C=O) groups excluding carboxylic acids is 2. The van der Waals surface area contributed by atoms with Gasteiger partial charge in [-0.3, -0.25) is 4.79 Å². The van der Waals surface area contributed by atoms with Gasteiger partial charge in [-0.15, -0.1) is 0 Å². The second-order valence-corrected chi connectivity index (χ2v) is 4.39. The molecule has 0 atom stereocenters. The first-order chi connectivity index (χ1) is 8.45. The number of nitrogens with zero attached hydrogens (tertiary/aromatic N) is 2. The van der Waals surface area contributed by atoms with Gasteiger partial charge in [0.25, 0.3) is 0 Å². The van der Waals surface area contributed by atoms with Crippen molar-refractivity contribution in [3.8, 4) is 0 Å². The molecule has 0 aliphatic heterocycles. The smallest absolute Gasteiger partial charge is 0.338 e. The van der Waals surface area contributed by atoms with E-state index in [0.717, 1.165) is 6.08 Å². The lowest BCUT2D eigenvalue weighted by atomic mass is 9.91. The summed E-state index contributed by atoms with van der Waals surface area (Å²) < 4.78 is 4.71. The Hall–Kier alpha value is -2.04. The first kappa shape index (κ1) is 14.0. The van der Waals surface area contributed by atoms with Crippen molar-refractivity contribution < 1.29 is 14.3 Å². The average molecular weight is 248 g/mol. The van der Waals surface area contributed by atoms with Gasteiger partial charge in [0.1, 0.15) is 0 Å². The highest BCUT2D eigenvalue weighted by molar-refractivity contribution is 5.95. The maximum Gasteiger partial charge on any atom is 0.338 e. The SMILES string of the molecule is CCC(C)(C)C(=O)OC(=O)/C=C/c1ncccn1. The van der Waals surface area contributed by atoms with Crippen LogP contribution in [0.2, 0.25) is 0 Å². The van der Waals surface area contributed by atoms with E-state index in [1.165, 1.54) is 6.08 Å². The lowest BCUT2D eigenvalue weighted by molar-refractivity contribution is -0.163. The van der Waals surface area contributed by atoms with Crippen LogP contribution in [0, 0.1) is 5.41 Å². The molecule has 0 saturated carbocycles. The molecule has 0 radical (unpaired) electrons. The third-order valence-corrected chi connectivity index (χ3v) is 2.58. The summed E-state index contributed by atoms with van der Waals surface area (Å²) in [6.45, 7) is 5.32. The van der Waals surface area contributed by atoms with Crippen molar-refractivity contribution >= 4 is 18.0 Å². The van der Waals surface area contributed by atoms with Crippen molar-refractivity contribution in [3.63, 3.8) is 0 Å². The molecule has 96 valence electrons. The summed E-state index contributed by atoms with van der Waals surface area (Å²) in [5.74, 6) is -0.862. The topological polar surface area (TPSA) is 69.2 Å². The third kappa shape index (κ3) is 4.08. The molecule has 0 fully saturated rings. The molecule has 0 amide bonds. The van der Waals surface area contributed by atoms with Crippen LogP contribution in [0.1, 0.15) is 33.0 Å². The number of hydrogen-bond acceptors (Lipinski definition) is 5. The van der Waals surface area contributed by atoms with Crippen LogP contribution in [0.5, 0.6) is 0 Å². The summed E-state index contributed by atoms with van der Waals surface area (Å²) in [5.41, 5.74) is -0.660. The molecule has 1 heterocycles. The van der Waals surface area contributed by atoms with Gasteiger partial charge in [0.2, 0.25) is 0 Å². The zero-order valence-corrected chi connectivity index (χ0v) is 10.7. The molecule has 0 aromatic carbocycles. The van der Waals surface area contributed by atoms with Gasteiger partial charge < -0.3 is 4.74 Å². The average Bonchev–Trinajstić information content (AvgIpc) is 2.37. The van der Waals surface area contributed by atoms with Crippen molar-refractivity contribution in [2.24, 2.45) is 5.41 Å². The zero-order chi connectivity index (χ0) is 13.6. The van der Waals surface area contributed by atoms with E-state index in [-0.39, 0.29) is 0 Å². The molecule has 0 spiro atoms. The summed E-state index contributed by atoms with van der Waals surface area (Å²) in [4.78, 5) is 30.8. The Morgan fingerprint density at radius 2 is 1.94 bits per heavy atom. The van der Waals surface area contributed by atoms with Crippen LogP contribution in [-0.2, 0) is 14.3 Å². The quantitative estimate of drug-likeness (QED) is 0.463. The Labute approximate surface area is 106 Å². The molecule has 5 heteroatoms. The van der Waals surface area contributed by atoms with E-state index in [1.807, 2.05) is 6.92 Å². The highest BCUT2D eigenvalue weighted by Gasteiger charge is 2.28. The van der Waals surface area contributed by atoms with Crippen LogP contribution in [0.15, 0.2) is 24.5 Å². The van der Waals surface area contributed by atoms with Crippen molar-refractivity contribution in [2.45, 2.75) is 27.2 Å². The Morgan fingerprint density at radius 3 is 2.50 bits per heavy atom. The highest BCUT2D eigenvalue weighted by Crippen LogP contribution is 2.21. The molecule has 0 saturated heterocycles. The summed E-state index contributed by atoms with van der Waals surface area (Å²) in [6, 6.07) is 1.67. The summed E-state index contributed by atoms with van der Waals surface area (Å²) in [5, 5.41) is 0. The van der Waals surface area contributed by atoms with E-state index in [9.17, 15) is 9.59 Å². The lowest BCUT2D eigenvalue weighted by Crippen LogP contribution is -2.27. The molecule has 18 heavy (non-hydrogen) atoms. The largest absolute Gasteiger partial charge is 0.389 e. The van der Waals surface area contributed by atoms with Gasteiger partial charge in [0.05, 0.1) is 5.41 Å². The minimum atomic E-state index is -0.714. The minimum Gasteiger partial charge on any atom is -0.389 e. The summed E-state index contributed by atoms with van der Waals surface area (Å²) in [6.07, 6.45) is 6.25. The second-order valence-electron chi connectivity index (χ2n) is 4.39. The first-order valence-electron chi connectivity index (χ1n) is 5.67. The molecule has 1 rings (SSSR count). The molecular formula is C13H16N2O3. The van der Waals surface area contributed by atoms with Crippen molar-refractivity contribution in [1.82, 2.24) is 9.97 Å². The van der Waals surface area contributed by atoms with Crippen molar-refractivity contribution in [1.29, 1.82) is 0 Å². The van der Waals surface area contributed by atoms with Gasteiger partial charge in [-0.05, 0) is 32.4 Å². The minimum absolute atomic E-state index is 0.386. The highest BCUT2D eigenvalue weighted by atomic mass is 16.6. The van der Waals surface area contributed by atoms with Crippen LogP contribution in [0.4, 0.5) is 0 Å². The zero-order valence-electron chi connectivity index (χ0n) is 10.7. The van der Waals surface area contributed by atoms with Crippen LogP contribution in [0.3, 0.4) is 0 Å². The number of aromatic nitrogens is 2. The maximum atomic E-state index is 11.6. The van der Waals surface area contributed by atoms with Gasteiger partial charge in [-0.2, -0.15) is 0 Å². The molecule has 0 aliphatic carbocycles. The predicted molar refractivity (Wildman–Crippen MR) is 66.2 cm³/mol. The van der Waals surface area contributed by atoms with Gasteiger partial charge in [0.15, 0.2) is 5.82 Å². The molecule has 0 unspecified atom stereocenters. The predicted octanol–water partition coefficient (Wildman–Crippen LogP) is 2.00. The first-order valence-corrected chi connectivity index (χ1v) is 5.67. The fraction of sp³-hybridized carbons (Fsp3) is 0.385. The van der Waals surface area contributed by atoms with E-state index in [0.29, 0.717) is 12.2 Å². The Morgan fingerprint density at radius 1 is 1.33 bits per heavy atom. The van der Waals surface area contributed by atoms with Gasteiger partial charge >= 0.3 is 11.9 Å². The van der Waals surface area contributed by atoms with E-state index >= 15 is 0 Å². The van der Waals surface area contributed by atoms with Crippen molar-refractivity contribution in [2.75, 3.05) is 0 Å². The van der Waals surface area contributed by atoms with Crippen molar-refractivity contribution in [3.05, 3.63) is 30.4 Å². The molecule has 0 aliphatic rings. The number of esters is 2. The molecule has 0 bridgehead atoms. The van der Waals surface area contributed by atoms with E-state index in [1.54, 1.807) is 32.3 Å². The molecule has 1 aromatic rings. The molecule has 0 N–H and O–H groups in total. The second kappa shape index (κ2) is 6.05. The monoisotopic (exact) mass is 248 g/mol. The lowest BCUT2D eigenvalue weighted by Gasteiger charge is -2.18.